The zero-order valence-corrected chi connectivity index (χ0v) is 10.3. The number of halogens is 4. The fraction of sp³-hybridized carbons (Fsp3) is 0.250. The summed E-state index contributed by atoms with van der Waals surface area (Å²) in [7, 11) is 1.12. The van der Waals surface area contributed by atoms with Gasteiger partial charge in [0.2, 0.25) is 0 Å². The summed E-state index contributed by atoms with van der Waals surface area (Å²) in [5, 5.41) is -0.473. The molecule has 15 heavy (non-hydrogen) atoms. The monoisotopic (exact) mass is 290 g/mol. The molecule has 2 atom stereocenters. The Morgan fingerprint density at radius 3 is 2.67 bits per heavy atom. The van der Waals surface area contributed by atoms with Gasteiger partial charge < -0.3 is 0 Å². The Morgan fingerprint density at radius 2 is 2.13 bits per heavy atom. The van der Waals surface area contributed by atoms with Gasteiger partial charge in [-0.1, -0.05) is 12.2 Å². The van der Waals surface area contributed by atoms with Gasteiger partial charge in [0, 0.05) is 16.1 Å². The molecule has 0 aliphatic heterocycles. The van der Waals surface area contributed by atoms with Gasteiger partial charge in [0.05, 0.1) is 0 Å². The molecule has 0 saturated heterocycles. The lowest BCUT2D eigenvalue weighted by Crippen LogP contribution is -2.30. The molecule has 2 nitrogen and oxygen atoms in total. The fourth-order valence-corrected chi connectivity index (χ4v) is 2.07. The van der Waals surface area contributed by atoms with Crippen LogP contribution in [0.5, 0.6) is 0 Å². The molecule has 0 N–H and O–H groups in total. The second-order valence-corrected chi connectivity index (χ2v) is 6.48. The van der Waals surface area contributed by atoms with E-state index in [1.165, 1.54) is 12.2 Å². The van der Waals surface area contributed by atoms with Crippen molar-refractivity contribution in [1.82, 2.24) is 0 Å². The average molecular weight is 292 g/mol. The highest BCUT2D eigenvalue weighted by molar-refractivity contribution is 8.16. The number of rotatable bonds is 2. The first-order valence-electron chi connectivity index (χ1n) is 3.76. The second-order valence-electron chi connectivity index (χ2n) is 2.88. The fourth-order valence-electron chi connectivity index (χ4n) is 0.993. The summed E-state index contributed by atoms with van der Waals surface area (Å²) >= 11 is 11.6. The number of hydrogen-bond donors (Lipinski definition) is 0. The van der Waals surface area contributed by atoms with Gasteiger partial charge in [-0.2, -0.15) is 0 Å². The van der Waals surface area contributed by atoms with Crippen molar-refractivity contribution in [2.75, 3.05) is 0 Å². The van der Waals surface area contributed by atoms with E-state index in [1.807, 2.05) is 0 Å². The van der Waals surface area contributed by atoms with Crippen LogP contribution in [0.3, 0.4) is 0 Å². The Hall–Kier alpha value is -0.0300. The first-order chi connectivity index (χ1) is 6.75. The topological polar surface area (TPSA) is 34.1 Å². The van der Waals surface area contributed by atoms with Crippen molar-refractivity contribution in [3.8, 4) is 0 Å². The molecule has 1 rings (SSSR count). The van der Waals surface area contributed by atoms with Gasteiger partial charge in [0.25, 0.3) is 9.05 Å². The van der Waals surface area contributed by atoms with Gasteiger partial charge in [-0.3, -0.25) is 0 Å². The molecule has 0 heterocycles. The maximum absolute atomic E-state index is 13.1. The molecule has 0 amide bonds. The molecule has 0 bridgehead atoms. The predicted octanol–water partition coefficient (Wildman–Crippen LogP) is 3.08. The smallest absolute Gasteiger partial charge is 0.210 e. The molecule has 1 aliphatic rings. The van der Waals surface area contributed by atoms with Crippen LogP contribution >= 0.6 is 33.9 Å². The van der Waals surface area contributed by atoms with Crippen LogP contribution in [0.25, 0.3) is 0 Å². The highest BCUT2D eigenvalue weighted by atomic mass is 35.7. The minimum absolute atomic E-state index is 0.634. The van der Waals surface area contributed by atoms with Crippen LogP contribution < -0.4 is 0 Å². The number of hydrogen-bond acceptors (Lipinski definition) is 2. The molecule has 0 fully saturated rings. The van der Waals surface area contributed by atoms with Crippen molar-refractivity contribution in [2.45, 2.75) is 10.3 Å². The van der Waals surface area contributed by atoms with Gasteiger partial charge in [-0.15, -0.1) is 23.2 Å². The minimum Gasteiger partial charge on any atom is -0.210 e. The zero-order chi connectivity index (χ0) is 11.7. The lowest BCUT2D eigenvalue weighted by molar-refractivity contribution is 0.571. The summed E-state index contributed by atoms with van der Waals surface area (Å²) in [6, 6.07) is 0. The van der Waals surface area contributed by atoms with Crippen LogP contribution in [-0.4, -0.2) is 18.7 Å². The third-order valence-electron chi connectivity index (χ3n) is 1.72. The number of alkyl halides is 2. The Labute approximate surface area is 101 Å². The van der Waals surface area contributed by atoms with E-state index < -0.39 is 25.1 Å². The molecule has 0 aromatic rings. The first kappa shape index (κ1) is 13.0. The van der Waals surface area contributed by atoms with E-state index in [1.54, 1.807) is 0 Å². The Kier molecular flexibility index (Phi) is 3.87. The molecular weight excluding hydrogens is 286 g/mol. The summed E-state index contributed by atoms with van der Waals surface area (Å²) in [4.78, 5) is -1.41. The summed E-state index contributed by atoms with van der Waals surface area (Å²) < 4.78 is 34.4. The lowest BCUT2D eigenvalue weighted by Gasteiger charge is -2.26. The van der Waals surface area contributed by atoms with Crippen molar-refractivity contribution >= 4 is 42.9 Å². The molecule has 0 aromatic carbocycles. The molecular formula is C8H6Cl3FO2S. The third-order valence-corrected chi connectivity index (χ3v) is 3.64. The summed E-state index contributed by atoms with van der Waals surface area (Å²) in [6.45, 7) is 0. The molecule has 2 unspecified atom stereocenters. The number of allylic oxidation sites excluding steroid dienone is 5. The highest BCUT2D eigenvalue weighted by Gasteiger charge is 2.36. The molecule has 1 aliphatic carbocycles. The highest BCUT2D eigenvalue weighted by Crippen LogP contribution is 2.36. The van der Waals surface area contributed by atoms with Crippen LogP contribution in [0.2, 0.25) is 0 Å². The Morgan fingerprint density at radius 1 is 1.53 bits per heavy atom. The molecule has 0 saturated carbocycles. The van der Waals surface area contributed by atoms with E-state index in [0.29, 0.717) is 5.41 Å². The molecule has 0 aromatic heterocycles. The van der Waals surface area contributed by atoms with E-state index in [2.05, 4.69) is 0 Å². The van der Waals surface area contributed by atoms with Crippen molar-refractivity contribution in [3.63, 3.8) is 0 Å². The molecule has 7 heteroatoms. The normalized spacial score (nSPS) is 32.0. The van der Waals surface area contributed by atoms with Crippen molar-refractivity contribution in [1.29, 1.82) is 0 Å². The van der Waals surface area contributed by atoms with E-state index in [4.69, 9.17) is 33.9 Å². The predicted molar refractivity (Wildman–Crippen MR) is 60.5 cm³/mol. The first-order valence-corrected chi connectivity index (χ1v) is 6.95. The van der Waals surface area contributed by atoms with Crippen molar-refractivity contribution in [2.24, 2.45) is 0 Å². The van der Waals surface area contributed by atoms with Gasteiger partial charge in [-0.25, -0.2) is 12.8 Å². The Bertz CT molecular complexity index is 441. The average Bonchev–Trinajstić information content (AvgIpc) is 2.10. The largest absolute Gasteiger partial charge is 0.254 e. The minimum atomic E-state index is -3.83. The summed E-state index contributed by atoms with van der Waals surface area (Å²) in [6.07, 6.45) is 4.93. The van der Waals surface area contributed by atoms with Crippen LogP contribution in [0.15, 0.2) is 35.5 Å². The molecule has 0 radical (unpaired) electrons. The van der Waals surface area contributed by atoms with Gasteiger partial charge in [0.15, 0.2) is 0 Å². The van der Waals surface area contributed by atoms with Crippen molar-refractivity contribution < 1.29 is 12.8 Å². The van der Waals surface area contributed by atoms with Crippen LogP contribution in [0.1, 0.15) is 0 Å². The third kappa shape index (κ3) is 3.48. The van der Waals surface area contributed by atoms with E-state index in [0.717, 1.165) is 12.2 Å². The quantitative estimate of drug-likeness (QED) is 0.579. The maximum Gasteiger partial charge on any atom is 0.254 e. The van der Waals surface area contributed by atoms with E-state index in [-0.39, 0.29) is 0 Å². The second kappa shape index (κ2) is 4.45. The van der Waals surface area contributed by atoms with Crippen LogP contribution in [0, 0.1) is 0 Å². The van der Waals surface area contributed by atoms with Crippen LogP contribution in [-0.2, 0) is 9.05 Å². The standard InChI is InChI=1S/C8H6Cl3FO2S/c9-7-6(12)2-1-3-8(7,10)4-5-15(11,13)14/h1-5,7H. The van der Waals surface area contributed by atoms with E-state index >= 15 is 0 Å². The summed E-state index contributed by atoms with van der Waals surface area (Å²) in [5.41, 5.74) is 0. The Balaban J connectivity index is 3.00. The van der Waals surface area contributed by atoms with Gasteiger partial charge in [0.1, 0.15) is 16.1 Å². The zero-order valence-electron chi connectivity index (χ0n) is 7.20. The van der Waals surface area contributed by atoms with Gasteiger partial charge in [-0.05, 0) is 12.2 Å². The van der Waals surface area contributed by atoms with Crippen molar-refractivity contribution in [3.05, 3.63) is 35.5 Å². The maximum atomic E-state index is 13.1. The molecule has 84 valence electrons. The van der Waals surface area contributed by atoms with E-state index in [9.17, 15) is 12.8 Å². The van der Waals surface area contributed by atoms with Gasteiger partial charge >= 0.3 is 0 Å². The summed E-state index contributed by atoms with van der Waals surface area (Å²) in [5.74, 6) is -0.634. The lowest BCUT2D eigenvalue weighted by atomic mass is 9.99. The SMILES string of the molecule is O=S(=O)(Cl)C=CC1(Cl)C=CC=C(F)C1Cl. The molecule has 0 spiro atoms. The van der Waals surface area contributed by atoms with Crippen LogP contribution in [0.4, 0.5) is 4.39 Å².